The lowest BCUT2D eigenvalue weighted by molar-refractivity contribution is 0.117. The van der Waals surface area contributed by atoms with E-state index in [1.54, 1.807) is 0 Å². The van der Waals surface area contributed by atoms with Crippen molar-refractivity contribution < 1.29 is 5.11 Å². The summed E-state index contributed by atoms with van der Waals surface area (Å²) in [5, 5.41) is 12.2. The Balaban J connectivity index is 2.34. The Labute approximate surface area is 68.4 Å². The minimum absolute atomic E-state index is 0.275. The van der Waals surface area contributed by atoms with Crippen LogP contribution in [0.3, 0.4) is 0 Å². The van der Waals surface area contributed by atoms with Crippen molar-refractivity contribution >= 4 is 0 Å². The lowest BCUT2D eigenvalue weighted by Gasteiger charge is -2.37. The van der Waals surface area contributed by atoms with Crippen molar-refractivity contribution in [3.63, 3.8) is 0 Å². The minimum Gasteiger partial charge on any atom is -0.395 e. The molecule has 0 spiro atoms. The molecule has 2 N–H and O–H groups in total. The van der Waals surface area contributed by atoms with Gasteiger partial charge in [0.05, 0.1) is 6.61 Å². The van der Waals surface area contributed by atoms with E-state index in [0.29, 0.717) is 12.1 Å². The second kappa shape index (κ2) is 4.04. The van der Waals surface area contributed by atoms with Gasteiger partial charge in [0, 0.05) is 31.7 Å². The first-order chi connectivity index (χ1) is 5.24. The van der Waals surface area contributed by atoms with E-state index in [9.17, 15) is 0 Å². The Kier molecular flexibility index (Phi) is 3.30. The van der Waals surface area contributed by atoms with E-state index in [1.807, 2.05) is 0 Å². The van der Waals surface area contributed by atoms with Gasteiger partial charge in [-0.05, 0) is 13.8 Å². The monoisotopic (exact) mass is 158 g/mol. The largest absolute Gasteiger partial charge is 0.395 e. The number of nitrogens with zero attached hydrogens (tertiary/aromatic N) is 1. The topological polar surface area (TPSA) is 35.5 Å². The van der Waals surface area contributed by atoms with Crippen LogP contribution in [-0.4, -0.2) is 48.3 Å². The Morgan fingerprint density at radius 3 is 2.91 bits per heavy atom. The van der Waals surface area contributed by atoms with Crippen LogP contribution >= 0.6 is 0 Å². The molecule has 0 saturated carbocycles. The number of hydrogen-bond acceptors (Lipinski definition) is 3. The highest BCUT2D eigenvalue weighted by Gasteiger charge is 2.20. The average molecular weight is 158 g/mol. The third kappa shape index (κ3) is 2.43. The van der Waals surface area contributed by atoms with E-state index in [-0.39, 0.29) is 6.61 Å². The molecule has 66 valence electrons. The average Bonchev–Trinajstić information content (AvgIpc) is 1.98. The van der Waals surface area contributed by atoms with Gasteiger partial charge in [-0.3, -0.25) is 4.90 Å². The van der Waals surface area contributed by atoms with Crippen LogP contribution in [0.15, 0.2) is 0 Å². The molecule has 0 aliphatic carbocycles. The molecular weight excluding hydrogens is 140 g/mol. The van der Waals surface area contributed by atoms with E-state index in [4.69, 9.17) is 5.11 Å². The first-order valence-corrected chi connectivity index (χ1v) is 4.32. The van der Waals surface area contributed by atoms with Crippen LogP contribution in [-0.2, 0) is 0 Å². The second-order valence-corrected chi connectivity index (χ2v) is 3.38. The highest BCUT2D eigenvalue weighted by molar-refractivity contribution is 4.80. The molecule has 0 amide bonds. The summed E-state index contributed by atoms with van der Waals surface area (Å²) in [5.74, 6) is 0. The smallest absolute Gasteiger partial charge is 0.0558 e. The first-order valence-electron chi connectivity index (χ1n) is 4.32. The van der Waals surface area contributed by atoms with Crippen molar-refractivity contribution in [3.05, 3.63) is 0 Å². The van der Waals surface area contributed by atoms with Crippen LogP contribution in [0.5, 0.6) is 0 Å². The van der Waals surface area contributed by atoms with E-state index in [0.717, 1.165) is 19.6 Å². The van der Waals surface area contributed by atoms with Crippen LogP contribution < -0.4 is 5.32 Å². The molecule has 1 aliphatic heterocycles. The summed E-state index contributed by atoms with van der Waals surface area (Å²) in [5.41, 5.74) is 0. The zero-order valence-corrected chi connectivity index (χ0v) is 7.38. The highest BCUT2D eigenvalue weighted by Crippen LogP contribution is 2.04. The number of rotatable bonds is 2. The molecule has 1 fully saturated rings. The Morgan fingerprint density at radius 2 is 2.27 bits per heavy atom. The summed E-state index contributed by atoms with van der Waals surface area (Å²) in [6.45, 7) is 7.55. The van der Waals surface area contributed by atoms with E-state index >= 15 is 0 Å². The molecule has 0 aromatic rings. The fourth-order valence-electron chi connectivity index (χ4n) is 1.54. The van der Waals surface area contributed by atoms with Crippen molar-refractivity contribution in [1.82, 2.24) is 10.2 Å². The number of piperazine rings is 1. The van der Waals surface area contributed by atoms with Gasteiger partial charge in [0.15, 0.2) is 0 Å². The molecule has 0 unspecified atom stereocenters. The quantitative estimate of drug-likeness (QED) is 0.577. The Hall–Kier alpha value is -0.120. The van der Waals surface area contributed by atoms with Gasteiger partial charge in [0.2, 0.25) is 0 Å². The second-order valence-electron chi connectivity index (χ2n) is 3.38. The fourth-order valence-corrected chi connectivity index (χ4v) is 1.54. The van der Waals surface area contributed by atoms with Gasteiger partial charge in [-0.15, -0.1) is 0 Å². The van der Waals surface area contributed by atoms with Crippen LogP contribution in [0.25, 0.3) is 0 Å². The normalized spacial score (nSPS) is 34.1. The molecule has 0 bridgehead atoms. The van der Waals surface area contributed by atoms with Crippen LogP contribution in [0.1, 0.15) is 13.8 Å². The number of aliphatic hydroxyl groups is 1. The molecule has 3 nitrogen and oxygen atoms in total. The SMILES string of the molecule is C[C@@H]1CN[C@@H](C)CN1CCO. The predicted octanol–water partition coefficient (Wildman–Crippen LogP) is -0.339. The molecule has 1 rings (SSSR count). The molecule has 0 aromatic carbocycles. The van der Waals surface area contributed by atoms with Gasteiger partial charge in [-0.1, -0.05) is 0 Å². The molecule has 0 radical (unpaired) electrons. The summed E-state index contributed by atoms with van der Waals surface area (Å²) < 4.78 is 0. The Morgan fingerprint density at radius 1 is 1.55 bits per heavy atom. The van der Waals surface area contributed by atoms with E-state index in [2.05, 4.69) is 24.1 Å². The third-order valence-corrected chi connectivity index (χ3v) is 2.28. The molecule has 2 atom stereocenters. The van der Waals surface area contributed by atoms with Crippen LogP contribution in [0.4, 0.5) is 0 Å². The fraction of sp³-hybridized carbons (Fsp3) is 1.00. The van der Waals surface area contributed by atoms with Crippen LogP contribution in [0, 0.1) is 0 Å². The molecule has 11 heavy (non-hydrogen) atoms. The maximum atomic E-state index is 8.76. The zero-order valence-electron chi connectivity index (χ0n) is 7.38. The maximum Gasteiger partial charge on any atom is 0.0558 e. The number of hydrogen-bond donors (Lipinski definition) is 2. The molecule has 1 saturated heterocycles. The standard InChI is InChI=1S/C8H18N2O/c1-7-6-10(3-4-11)8(2)5-9-7/h7-9,11H,3-6H2,1-2H3/t7-,8+/m0/s1. The lowest BCUT2D eigenvalue weighted by atomic mass is 10.1. The summed E-state index contributed by atoms with van der Waals surface area (Å²) in [6, 6.07) is 1.14. The van der Waals surface area contributed by atoms with Crippen molar-refractivity contribution in [3.8, 4) is 0 Å². The predicted molar refractivity (Wildman–Crippen MR) is 45.6 cm³/mol. The van der Waals surface area contributed by atoms with E-state index < -0.39 is 0 Å². The first kappa shape index (κ1) is 8.97. The number of aliphatic hydroxyl groups excluding tert-OH is 1. The van der Waals surface area contributed by atoms with Gasteiger partial charge in [0.25, 0.3) is 0 Å². The summed E-state index contributed by atoms with van der Waals surface area (Å²) >= 11 is 0. The Bertz CT molecular complexity index is 119. The summed E-state index contributed by atoms with van der Waals surface area (Å²) in [6.07, 6.45) is 0. The summed E-state index contributed by atoms with van der Waals surface area (Å²) in [7, 11) is 0. The number of nitrogens with one attached hydrogen (secondary N) is 1. The molecule has 3 heteroatoms. The summed E-state index contributed by atoms with van der Waals surface area (Å²) in [4.78, 5) is 2.32. The van der Waals surface area contributed by atoms with Gasteiger partial charge >= 0.3 is 0 Å². The zero-order chi connectivity index (χ0) is 8.27. The maximum absolute atomic E-state index is 8.76. The molecule has 1 aliphatic rings. The van der Waals surface area contributed by atoms with Gasteiger partial charge in [-0.25, -0.2) is 0 Å². The number of β-amino-alcohol motifs (C(OH)–C–C–N with tert-alkyl or cyclic N) is 1. The van der Waals surface area contributed by atoms with Crippen molar-refractivity contribution in [1.29, 1.82) is 0 Å². The molecule has 0 aromatic heterocycles. The highest BCUT2D eigenvalue weighted by atomic mass is 16.3. The van der Waals surface area contributed by atoms with Crippen molar-refractivity contribution in [2.24, 2.45) is 0 Å². The van der Waals surface area contributed by atoms with Crippen LogP contribution in [0.2, 0.25) is 0 Å². The van der Waals surface area contributed by atoms with Crippen molar-refractivity contribution in [2.45, 2.75) is 25.9 Å². The molecular formula is C8H18N2O. The van der Waals surface area contributed by atoms with Gasteiger partial charge in [-0.2, -0.15) is 0 Å². The lowest BCUT2D eigenvalue weighted by Crippen LogP contribution is -2.54. The minimum atomic E-state index is 0.275. The third-order valence-electron chi connectivity index (χ3n) is 2.28. The molecule has 1 heterocycles. The van der Waals surface area contributed by atoms with Gasteiger partial charge in [0.1, 0.15) is 0 Å². The van der Waals surface area contributed by atoms with Crippen molar-refractivity contribution in [2.75, 3.05) is 26.2 Å². The van der Waals surface area contributed by atoms with E-state index in [1.165, 1.54) is 0 Å². The van der Waals surface area contributed by atoms with Gasteiger partial charge < -0.3 is 10.4 Å².